The van der Waals surface area contributed by atoms with Gasteiger partial charge < -0.3 is 10.6 Å². The zero-order chi connectivity index (χ0) is 13.2. The molecule has 0 bridgehead atoms. The Labute approximate surface area is 117 Å². The Morgan fingerprint density at radius 3 is 2.61 bits per heavy atom. The Balaban J connectivity index is 2.12. The summed E-state index contributed by atoms with van der Waals surface area (Å²) in [5, 5.41) is 6.82. The number of aromatic nitrogens is 2. The van der Waals surface area contributed by atoms with Crippen LogP contribution >= 0.6 is 15.9 Å². The minimum atomic E-state index is 0.0961. The first-order chi connectivity index (χ1) is 8.54. The fourth-order valence-electron chi connectivity index (χ4n) is 2.04. The molecule has 5 heteroatoms. The highest BCUT2D eigenvalue weighted by atomic mass is 79.9. The van der Waals surface area contributed by atoms with Gasteiger partial charge in [-0.2, -0.15) is 0 Å². The molecule has 1 fully saturated rings. The third-order valence-corrected chi connectivity index (χ3v) is 4.12. The number of halogens is 1. The smallest absolute Gasteiger partial charge is 0.146 e. The molecule has 1 aromatic heterocycles. The number of nitrogens with zero attached hydrogens (tertiary/aromatic N) is 2. The number of nitrogens with one attached hydrogen (secondary N) is 2. The van der Waals surface area contributed by atoms with Gasteiger partial charge in [-0.15, -0.1) is 0 Å². The Kier molecular flexibility index (Phi) is 4.10. The molecule has 0 unspecified atom stereocenters. The van der Waals surface area contributed by atoms with E-state index in [0.29, 0.717) is 0 Å². The van der Waals surface area contributed by atoms with Gasteiger partial charge in [-0.3, -0.25) is 0 Å². The van der Waals surface area contributed by atoms with Gasteiger partial charge in [0.2, 0.25) is 0 Å². The van der Waals surface area contributed by atoms with Crippen LogP contribution < -0.4 is 10.6 Å². The highest BCUT2D eigenvalue weighted by Crippen LogP contribution is 2.42. The fourth-order valence-corrected chi connectivity index (χ4v) is 2.48. The van der Waals surface area contributed by atoms with Gasteiger partial charge in [-0.25, -0.2) is 9.97 Å². The van der Waals surface area contributed by atoms with E-state index in [2.05, 4.69) is 57.3 Å². The van der Waals surface area contributed by atoms with E-state index in [4.69, 9.17) is 0 Å². The summed E-state index contributed by atoms with van der Waals surface area (Å²) in [5.74, 6) is 2.49. The molecule has 0 spiro atoms. The van der Waals surface area contributed by atoms with Crippen molar-refractivity contribution in [3.8, 4) is 0 Å². The summed E-state index contributed by atoms with van der Waals surface area (Å²) in [7, 11) is 0. The zero-order valence-corrected chi connectivity index (χ0v) is 12.8. The van der Waals surface area contributed by atoms with Crippen molar-refractivity contribution in [1.29, 1.82) is 0 Å². The molecule has 0 saturated heterocycles. The van der Waals surface area contributed by atoms with Gasteiger partial charge in [0, 0.05) is 12.1 Å². The first kappa shape index (κ1) is 13.6. The molecule has 4 nitrogen and oxygen atoms in total. The maximum Gasteiger partial charge on any atom is 0.146 e. The van der Waals surface area contributed by atoms with Gasteiger partial charge in [0.15, 0.2) is 0 Å². The third-order valence-electron chi connectivity index (χ3n) is 3.37. The van der Waals surface area contributed by atoms with E-state index in [0.717, 1.165) is 35.0 Å². The molecular weight excluding hydrogens is 292 g/mol. The third kappa shape index (κ3) is 3.13. The first-order valence-electron chi connectivity index (χ1n) is 6.57. The van der Waals surface area contributed by atoms with Gasteiger partial charge in [0.05, 0.1) is 0 Å². The maximum absolute atomic E-state index is 4.33. The van der Waals surface area contributed by atoms with Crippen molar-refractivity contribution < 1.29 is 0 Å². The van der Waals surface area contributed by atoms with E-state index >= 15 is 0 Å². The molecule has 18 heavy (non-hydrogen) atoms. The second kappa shape index (κ2) is 5.43. The standard InChI is InChI=1S/C13H21BrN4/c1-4-7-15-11-10(14)12(17-8-16-11)18-13(2,3)9-5-6-9/h8-9H,4-7H2,1-3H3,(H2,15,16,17,18). The fraction of sp³-hybridized carbons (Fsp3) is 0.692. The Hall–Kier alpha value is -0.840. The number of hydrogen-bond donors (Lipinski definition) is 2. The summed E-state index contributed by atoms with van der Waals surface area (Å²) in [6.45, 7) is 7.52. The highest BCUT2D eigenvalue weighted by Gasteiger charge is 2.38. The van der Waals surface area contributed by atoms with Crippen LogP contribution in [0.1, 0.15) is 40.0 Å². The van der Waals surface area contributed by atoms with Crippen LogP contribution in [0.3, 0.4) is 0 Å². The van der Waals surface area contributed by atoms with Crippen LogP contribution in [0.5, 0.6) is 0 Å². The highest BCUT2D eigenvalue weighted by molar-refractivity contribution is 9.10. The summed E-state index contributed by atoms with van der Waals surface area (Å²) < 4.78 is 0.923. The normalized spacial score (nSPS) is 15.6. The molecule has 1 aromatic rings. The molecule has 0 atom stereocenters. The molecular formula is C13H21BrN4. The van der Waals surface area contributed by atoms with Gasteiger partial charge in [0.25, 0.3) is 0 Å². The second-order valence-electron chi connectivity index (χ2n) is 5.43. The molecule has 0 amide bonds. The zero-order valence-electron chi connectivity index (χ0n) is 11.3. The molecule has 2 N–H and O–H groups in total. The lowest BCUT2D eigenvalue weighted by Gasteiger charge is -2.27. The van der Waals surface area contributed by atoms with E-state index < -0.39 is 0 Å². The summed E-state index contributed by atoms with van der Waals surface area (Å²) in [6.07, 6.45) is 5.30. The van der Waals surface area contributed by atoms with E-state index in [1.807, 2.05) is 0 Å². The topological polar surface area (TPSA) is 49.8 Å². The van der Waals surface area contributed by atoms with Crippen molar-refractivity contribution in [3.63, 3.8) is 0 Å². The van der Waals surface area contributed by atoms with Gasteiger partial charge in [0.1, 0.15) is 22.4 Å². The van der Waals surface area contributed by atoms with Gasteiger partial charge in [-0.1, -0.05) is 6.92 Å². The van der Waals surface area contributed by atoms with Gasteiger partial charge in [-0.05, 0) is 55.0 Å². The minimum absolute atomic E-state index is 0.0961. The number of hydrogen-bond acceptors (Lipinski definition) is 4. The van der Waals surface area contributed by atoms with E-state index in [1.54, 1.807) is 6.33 Å². The largest absolute Gasteiger partial charge is 0.369 e. The Morgan fingerprint density at radius 1 is 1.33 bits per heavy atom. The van der Waals surface area contributed by atoms with Crippen molar-refractivity contribution >= 4 is 27.6 Å². The van der Waals surface area contributed by atoms with Crippen LogP contribution in [-0.2, 0) is 0 Å². The lowest BCUT2D eigenvalue weighted by atomic mass is 9.99. The summed E-state index contributed by atoms with van der Waals surface area (Å²) in [5.41, 5.74) is 0.0961. The van der Waals surface area contributed by atoms with Crippen molar-refractivity contribution in [1.82, 2.24) is 9.97 Å². The number of anilines is 2. The van der Waals surface area contributed by atoms with Crippen molar-refractivity contribution in [2.45, 2.75) is 45.6 Å². The van der Waals surface area contributed by atoms with Crippen LogP contribution in [0.2, 0.25) is 0 Å². The molecule has 0 radical (unpaired) electrons. The molecule has 1 aliphatic carbocycles. The van der Waals surface area contributed by atoms with Crippen LogP contribution in [-0.4, -0.2) is 22.1 Å². The van der Waals surface area contributed by atoms with Crippen LogP contribution in [0.15, 0.2) is 10.8 Å². The van der Waals surface area contributed by atoms with E-state index in [-0.39, 0.29) is 5.54 Å². The average molecular weight is 313 g/mol. The van der Waals surface area contributed by atoms with Crippen molar-refractivity contribution in [2.75, 3.05) is 17.2 Å². The molecule has 100 valence electrons. The van der Waals surface area contributed by atoms with Crippen molar-refractivity contribution in [2.24, 2.45) is 5.92 Å². The number of rotatable bonds is 6. The monoisotopic (exact) mass is 312 g/mol. The predicted molar refractivity (Wildman–Crippen MR) is 78.9 cm³/mol. The van der Waals surface area contributed by atoms with Crippen LogP contribution in [0.4, 0.5) is 11.6 Å². The summed E-state index contributed by atoms with van der Waals surface area (Å²) in [4.78, 5) is 8.59. The summed E-state index contributed by atoms with van der Waals surface area (Å²) in [6, 6.07) is 0. The Bertz CT molecular complexity index is 415. The van der Waals surface area contributed by atoms with Crippen LogP contribution in [0, 0.1) is 5.92 Å². The lowest BCUT2D eigenvalue weighted by Crippen LogP contribution is -2.34. The maximum atomic E-state index is 4.33. The second-order valence-corrected chi connectivity index (χ2v) is 6.23. The molecule has 1 saturated carbocycles. The summed E-state index contributed by atoms with van der Waals surface area (Å²) >= 11 is 3.58. The molecule has 2 rings (SSSR count). The lowest BCUT2D eigenvalue weighted by molar-refractivity contribution is 0.492. The molecule has 0 aliphatic heterocycles. The first-order valence-corrected chi connectivity index (χ1v) is 7.36. The predicted octanol–water partition coefficient (Wildman–Crippen LogP) is 3.66. The molecule has 1 heterocycles. The van der Waals surface area contributed by atoms with Gasteiger partial charge >= 0.3 is 0 Å². The Morgan fingerprint density at radius 2 is 2.00 bits per heavy atom. The quantitative estimate of drug-likeness (QED) is 0.841. The van der Waals surface area contributed by atoms with Crippen LogP contribution in [0.25, 0.3) is 0 Å². The minimum Gasteiger partial charge on any atom is -0.369 e. The van der Waals surface area contributed by atoms with E-state index in [9.17, 15) is 0 Å². The average Bonchev–Trinajstić information content (AvgIpc) is 3.14. The molecule has 1 aliphatic rings. The van der Waals surface area contributed by atoms with Crippen molar-refractivity contribution in [3.05, 3.63) is 10.8 Å². The van der Waals surface area contributed by atoms with E-state index in [1.165, 1.54) is 12.8 Å². The SMILES string of the molecule is CCCNc1ncnc(NC(C)(C)C2CC2)c1Br. The molecule has 0 aromatic carbocycles.